The molecule has 1 amide bonds. The minimum atomic E-state index is 0.0961. The molecular weight excluding hydrogens is 391 g/mol. The molecule has 3 aliphatic rings. The van der Waals surface area contributed by atoms with E-state index in [1.165, 1.54) is 5.56 Å². The second-order valence-electron chi connectivity index (χ2n) is 7.92. The van der Waals surface area contributed by atoms with Gasteiger partial charge in [-0.2, -0.15) is 0 Å². The molecule has 0 aromatic heterocycles. The number of hydrogen-bond acceptors (Lipinski definition) is 2. The van der Waals surface area contributed by atoms with E-state index in [-0.39, 0.29) is 17.9 Å². The predicted octanol–water partition coefficient (Wildman–Crippen LogP) is 6.06. The molecule has 2 aromatic carbocycles. The predicted molar refractivity (Wildman–Crippen MR) is 114 cm³/mol. The normalized spacial score (nSPS) is 25.4. The molecule has 1 N–H and O–H groups in total. The maximum absolute atomic E-state index is 12.8. The van der Waals surface area contributed by atoms with Gasteiger partial charge in [-0.25, -0.2) is 0 Å². The molecule has 2 aromatic rings. The van der Waals surface area contributed by atoms with Gasteiger partial charge in [0.25, 0.3) is 5.91 Å². The Morgan fingerprint density at radius 3 is 2.71 bits per heavy atom. The van der Waals surface area contributed by atoms with Gasteiger partial charge in [-0.3, -0.25) is 4.79 Å². The SMILES string of the molecule is O=C(c1ccc2c(c1)C1C=CCC1C(c1cccc(Cl)c1Cl)N2)N1CCCC1. The minimum absolute atomic E-state index is 0.0961. The number of anilines is 1. The average Bonchev–Trinajstić information content (AvgIpc) is 3.41. The van der Waals surface area contributed by atoms with Crippen LogP contribution in [0.4, 0.5) is 5.69 Å². The van der Waals surface area contributed by atoms with E-state index in [0.717, 1.165) is 49.2 Å². The largest absolute Gasteiger partial charge is 0.378 e. The number of carbonyl (C=O) groups excluding carboxylic acids is 1. The lowest BCUT2D eigenvalue weighted by Crippen LogP contribution is -2.31. The van der Waals surface area contributed by atoms with Crippen LogP contribution in [0.3, 0.4) is 0 Å². The fourth-order valence-corrected chi connectivity index (χ4v) is 5.32. The molecule has 1 aliphatic carbocycles. The number of benzene rings is 2. The number of rotatable bonds is 2. The van der Waals surface area contributed by atoms with E-state index in [1.807, 2.05) is 29.2 Å². The van der Waals surface area contributed by atoms with Crippen LogP contribution in [0.5, 0.6) is 0 Å². The summed E-state index contributed by atoms with van der Waals surface area (Å²) >= 11 is 12.8. The van der Waals surface area contributed by atoms with Crippen molar-refractivity contribution in [3.8, 4) is 0 Å². The molecule has 1 fully saturated rings. The molecule has 0 radical (unpaired) electrons. The van der Waals surface area contributed by atoms with Gasteiger partial charge in [-0.15, -0.1) is 0 Å². The monoisotopic (exact) mass is 412 g/mol. The van der Waals surface area contributed by atoms with Crippen molar-refractivity contribution in [3.05, 3.63) is 75.3 Å². The first-order valence-corrected chi connectivity index (χ1v) is 10.7. The molecule has 5 heteroatoms. The first-order valence-electron chi connectivity index (χ1n) is 9.94. The zero-order valence-corrected chi connectivity index (χ0v) is 17.0. The first-order chi connectivity index (χ1) is 13.6. The fourth-order valence-electron chi connectivity index (χ4n) is 4.90. The number of likely N-dealkylation sites (tertiary alicyclic amines) is 1. The van der Waals surface area contributed by atoms with Crippen molar-refractivity contribution in [3.63, 3.8) is 0 Å². The fraction of sp³-hybridized carbons (Fsp3) is 0.348. The van der Waals surface area contributed by atoms with Crippen molar-refractivity contribution in [2.45, 2.75) is 31.2 Å². The Balaban J connectivity index is 1.52. The average molecular weight is 413 g/mol. The quantitative estimate of drug-likeness (QED) is 0.608. The van der Waals surface area contributed by atoms with Gasteiger partial charge in [0, 0.05) is 30.3 Å². The van der Waals surface area contributed by atoms with Crippen molar-refractivity contribution in [2.24, 2.45) is 5.92 Å². The molecule has 0 saturated carbocycles. The Morgan fingerprint density at radius 2 is 1.89 bits per heavy atom. The molecule has 0 spiro atoms. The molecular formula is C23H22Cl2N2O. The van der Waals surface area contributed by atoms with Gasteiger partial charge in [0.05, 0.1) is 16.1 Å². The Kier molecular flexibility index (Phi) is 4.60. The molecule has 3 atom stereocenters. The Hall–Kier alpha value is -1.97. The number of hydrogen-bond donors (Lipinski definition) is 1. The molecule has 3 nitrogen and oxygen atoms in total. The van der Waals surface area contributed by atoms with E-state index in [2.05, 4.69) is 29.6 Å². The van der Waals surface area contributed by atoms with Crippen LogP contribution in [-0.4, -0.2) is 23.9 Å². The van der Waals surface area contributed by atoms with E-state index < -0.39 is 0 Å². The minimum Gasteiger partial charge on any atom is -0.378 e. The highest BCUT2D eigenvalue weighted by Crippen LogP contribution is 2.51. The third kappa shape index (κ3) is 2.92. The molecule has 0 bridgehead atoms. The summed E-state index contributed by atoms with van der Waals surface area (Å²) in [7, 11) is 0. The van der Waals surface area contributed by atoms with Gasteiger partial charge in [0.15, 0.2) is 0 Å². The molecule has 28 heavy (non-hydrogen) atoms. The summed E-state index contributed by atoms with van der Waals surface area (Å²) in [4.78, 5) is 14.8. The maximum Gasteiger partial charge on any atom is 0.253 e. The molecule has 144 valence electrons. The van der Waals surface area contributed by atoms with Crippen LogP contribution in [-0.2, 0) is 0 Å². The zero-order valence-electron chi connectivity index (χ0n) is 15.5. The van der Waals surface area contributed by atoms with Crippen molar-refractivity contribution in [1.29, 1.82) is 0 Å². The lowest BCUT2D eigenvalue weighted by Gasteiger charge is -2.38. The lowest BCUT2D eigenvalue weighted by atomic mass is 9.76. The highest BCUT2D eigenvalue weighted by molar-refractivity contribution is 6.42. The molecule has 2 aliphatic heterocycles. The van der Waals surface area contributed by atoms with Crippen molar-refractivity contribution in [2.75, 3.05) is 18.4 Å². The number of carbonyl (C=O) groups is 1. The summed E-state index contributed by atoms with van der Waals surface area (Å²) in [5.74, 6) is 0.794. The topological polar surface area (TPSA) is 32.3 Å². The Labute approximate surface area is 175 Å². The van der Waals surface area contributed by atoms with Gasteiger partial charge < -0.3 is 10.2 Å². The number of amides is 1. The zero-order chi connectivity index (χ0) is 19.3. The number of allylic oxidation sites excluding steroid dienone is 2. The van der Waals surface area contributed by atoms with Gasteiger partial charge in [0.2, 0.25) is 0 Å². The van der Waals surface area contributed by atoms with E-state index in [4.69, 9.17) is 23.2 Å². The van der Waals surface area contributed by atoms with Gasteiger partial charge >= 0.3 is 0 Å². The highest BCUT2D eigenvalue weighted by Gasteiger charge is 2.39. The second-order valence-corrected chi connectivity index (χ2v) is 8.71. The van der Waals surface area contributed by atoms with Crippen LogP contribution in [0, 0.1) is 5.92 Å². The van der Waals surface area contributed by atoms with E-state index >= 15 is 0 Å². The van der Waals surface area contributed by atoms with Crippen molar-refractivity contribution >= 4 is 34.8 Å². The summed E-state index contributed by atoms with van der Waals surface area (Å²) in [5, 5.41) is 4.89. The number of fused-ring (bicyclic) bond motifs is 3. The van der Waals surface area contributed by atoms with Crippen LogP contribution in [0.25, 0.3) is 0 Å². The summed E-state index contributed by atoms with van der Waals surface area (Å²) in [6, 6.07) is 12.0. The smallest absolute Gasteiger partial charge is 0.253 e. The molecule has 1 saturated heterocycles. The maximum atomic E-state index is 12.8. The lowest BCUT2D eigenvalue weighted by molar-refractivity contribution is 0.0792. The first kappa shape index (κ1) is 18.1. The summed E-state index contributed by atoms with van der Waals surface area (Å²) in [6.45, 7) is 1.74. The number of nitrogens with zero attached hydrogens (tertiary/aromatic N) is 1. The third-order valence-electron chi connectivity index (χ3n) is 6.32. The summed E-state index contributed by atoms with van der Waals surface area (Å²) in [6.07, 6.45) is 7.71. The van der Waals surface area contributed by atoms with Gasteiger partial charge in [0.1, 0.15) is 0 Å². The van der Waals surface area contributed by atoms with Crippen LogP contribution < -0.4 is 5.32 Å². The van der Waals surface area contributed by atoms with Gasteiger partial charge in [-0.1, -0.05) is 47.5 Å². The standard InChI is InChI=1S/C23H22Cl2N2O/c24-19-8-4-7-17(21(19)25)22-16-6-3-5-15(16)18-13-14(9-10-20(18)26-22)23(28)27-11-1-2-12-27/h3-5,7-10,13,15-16,22,26H,1-2,6,11-12H2. The van der Waals surface area contributed by atoms with E-state index in [9.17, 15) is 4.79 Å². The molecule has 5 rings (SSSR count). The van der Waals surface area contributed by atoms with Crippen LogP contribution in [0.15, 0.2) is 48.6 Å². The second kappa shape index (κ2) is 7.13. The Morgan fingerprint density at radius 1 is 1.07 bits per heavy atom. The van der Waals surface area contributed by atoms with Gasteiger partial charge in [-0.05, 0) is 60.6 Å². The summed E-state index contributed by atoms with van der Waals surface area (Å²) in [5.41, 5.74) is 4.11. The number of halogens is 2. The molecule has 2 heterocycles. The summed E-state index contributed by atoms with van der Waals surface area (Å²) < 4.78 is 0. The van der Waals surface area contributed by atoms with Crippen LogP contribution in [0.2, 0.25) is 10.0 Å². The van der Waals surface area contributed by atoms with Crippen molar-refractivity contribution < 1.29 is 4.79 Å². The molecule has 3 unspecified atom stereocenters. The van der Waals surface area contributed by atoms with E-state index in [1.54, 1.807) is 0 Å². The number of nitrogens with one attached hydrogen (secondary N) is 1. The van der Waals surface area contributed by atoms with Crippen LogP contribution >= 0.6 is 23.2 Å². The third-order valence-corrected chi connectivity index (χ3v) is 7.15. The van der Waals surface area contributed by atoms with E-state index in [0.29, 0.717) is 16.0 Å². The van der Waals surface area contributed by atoms with Crippen LogP contribution in [0.1, 0.15) is 52.7 Å². The highest BCUT2D eigenvalue weighted by atomic mass is 35.5. The Bertz CT molecular complexity index is 965. The van der Waals surface area contributed by atoms with Crippen molar-refractivity contribution in [1.82, 2.24) is 4.90 Å².